The summed E-state index contributed by atoms with van der Waals surface area (Å²) in [5, 5.41) is 0. The average molecular weight is 250 g/mol. The third-order valence-electron chi connectivity index (χ3n) is 2.59. The molecule has 0 aromatic heterocycles. The summed E-state index contributed by atoms with van der Waals surface area (Å²) in [6.07, 6.45) is 1.10. The average Bonchev–Trinajstić information content (AvgIpc) is 2.26. The van der Waals surface area contributed by atoms with E-state index in [9.17, 15) is 0 Å². The van der Waals surface area contributed by atoms with Crippen LogP contribution in [0.1, 0.15) is 58.3 Å². The molecule has 2 nitrogen and oxygen atoms in total. The maximum Gasteiger partial charge on any atom is 0.125 e. The second-order valence-electron chi connectivity index (χ2n) is 5.77. The highest BCUT2D eigenvalue weighted by molar-refractivity contribution is 5.38. The number of ether oxygens (including phenoxy) is 2. The first-order valence-corrected chi connectivity index (χ1v) is 6.74. The molecular weight excluding hydrogens is 224 g/mol. The minimum atomic E-state index is -0.186. The second kappa shape index (κ2) is 6.24. The summed E-state index contributed by atoms with van der Waals surface area (Å²) >= 11 is 0. The normalized spacial score (nSPS) is 13.4. The second-order valence-corrected chi connectivity index (χ2v) is 5.77. The van der Waals surface area contributed by atoms with Gasteiger partial charge >= 0.3 is 0 Å². The van der Waals surface area contributed by atoms with Gasteiger partial charge in [0, 0.05) is 12.2 Å². The molecule has 0 radical (unpaired) electrons. The number of hydrogen-bond donors (Lipinski definition) is 0. The molecule has 2 heteroatoms. The van der Waals surface area contributed by atoms with Gasteiger partial charge in [0.1, 0.15) is 11.4 Å². The smallest absolute Gasteiger partial charge is 0.125 e. The van der Waals surface area contributed by atoms with Crippen LogP contribution < -0.4 is 4.74 Å². The van der Waals surface area contributed by atoms with Gasteiger partial charge in [-0.25, -0.2) is 0 Å². The minimum absolute atomic E-state index is 0.0715. The van der Waals surface area contributed by atoms with Crippen LogP contribution in [0.25, 0.3) is 0 Å². The Balaban J connectivity index is 2.96. The van der Waals surface area contributed by atoms with E-state index in [4.69, 9.17) is 9.47 Å². The van der Waals surface area contributed by atoms with Crippen LogP contribution in [0.4, 0.5) is 0 Å². The summed E-state index contributed by atoms with van der Waals surface area (Å²) in [7, 11) is 0. The quantitative estimate of drug-likeness (QED) is 0.756. The van der Waals surface area contributed by atoms with E-state index < -0.39 is 0 Å². The molecule has 1 aromatic rings. The number of rotatable bonds is 5. The Bertz CT molecular complexity index is 377. The van der Waals surface area contributed by atoms with Crippen LogP contribution in [-0.2, 0) is 4.74 Å². The standard InChI is InChI=1S/C16H26O2/c1-7-10-17-13(3)14-11-12(2)8-9-15(14)18-16(4,5)6/h8-9,11,13H,7,10H2,1-6H3. The van der Waals surface area contributed by atoms with Gasteiger partial charge in [-0.1, -0.05) is 18.6 Å². The number of hydrogen-bond acceptors (Lipinski definition) is 2. The molecule has 0 saturated heterocycles. The van der Waals surface area contributed by atoms with Gasteiger partial charge in [0.15, 0.2) is 0 Å². The summed E-state index contributed by atoms with van der Waals surface area (Å²) in [6, 6.07) is 6.28. The van der Waals surface area contributed by atoms with Crippen molar-refractivity contribution < 1.29 is 9.47 Å². The molecule has 0 aliphatic rings. The van der Waals surface area contributed by atoms with E-state index in [2.05, 4.69) is 53.7 Å². The van der Waals surface area contributed by atoms with Gasteiger partial charge in [-0.2, -0.15) is 0 Å². The maximum absolute atomic E-state index is 6.01. The highest BCUT2D eigenvalue weighted by atomic mass is 16.5. The zero-order chi connectivity index (χ0) is 13.8. The van der Waals surface area contributed by atoms with Crippen molar-refractivity contribution in [1.29, 1.82) is 0 Å². The molecule has 1 aromatic carbocycles. The largest absolute Gasteiger partial charge is 0.488 e. The summed E-state index contributed by atoms with van der Waals surface area (Å²) in [5.74, 6) is 0.928. The molecule has 0 spiro atoms. The molecule has 0 aliphatic heterocycles. The van der Waals surface area contributed by atoms with E-state index in [1.807, 2.05) is 6.07 Å². The predicted octanol–water partition coefficient (Wildman–Crippen LogP) is 4.66. The van der Waals surface area contributed by atoms with Crippen molar-refractivity contribution in [1.82, 2.24) is 0 Å². The van der Waals surface area contributed by atoms with Crippen LogP contribution >= 0.6 is 0 Å². The van der Waals surface area contributed by atoms with Crippen LogP contribution in [0.5, 0.6) is 5.75 Å². The number of benzene rings is 1. The maximum atomic E-state index is 6.01. The van der Waals surface area contributed by atoms with Gasteiger partial charge in [-0.05, 0) is 53.2 Å². The van der Waals surface area contributed by atoms with Gasteiger partial charge in [-0.3, -0.25) is 0 Å². The third-order valence-corrected chi connectivity index (χ3v) is 2.59. The summed E-state index contributed by atoms with van der Waals surface area (Å²) in [6.45, 7) is 13.3. The lowest BCUT2D eigenvalue weighted by molar-refractivity contribution is 0.0591. The van der Waals surface area contributed by atoms with Crippen molar-refractivity contribution in [3.63, 3.8) is 0 Å². The van der Waals surface area contributed by atoms with Gasteiger partial charge in [-0.15, -0.1) is 0 Å². The molecule has 0 aliphatic carbocycles. The van der Waals surface area contributed by atoms with Gasteiger partial charge in [0.25, 0.3) is 0 Å². The lowest BCUT2D eigenvalue weighted by Crippen LogP contribution is -2.24. The first-order chi connectivity index (χ1) is 8.33. The molecule has 0 heterocycles. The third kappa shape index (κ3) is 4.69. The Labute approximate surface area is 111 Å². The van der Waals surface area contributed by atoms with Crippen molar-refractivity contribution in [3.05, 3.63) is 29.3 Å². The Morgan fingerprint density at radius 1 is 1.22 bits per heavy atom. The summed E-state index contributed by atoms with van der Waals surface area (Å²) in [4.78, 5) is 0. The van der Waals surface area contributed by atoms with Crippen LogP contribution in [0, 0.1) is 6.92 Å². The van der Waals surface area contributed by atoms with Crippen molar-refractivity contribution >= 4 is 0 Å². The molecule has 18 heavy (non-hydrogen) atoms. The zero-order valence-electron chi connectivity index (χ0n) is 12.5. The van der Waals surface area contributed by atoms with Gasteiger partial charge < -0.3 is 9.47 Å². The highest BCUT2D eigenvalue weighted by Crippen LogP contribution is 2.31. The Morgan fingerprint density at radius 2 is 1.89 bits per heavy atom. The fourth-order valence-corrected chi connectivity index (χ4v) is 1.79. The van der Waals surface area contributed by atoms with Gasteiger partial charge in [0.05, 0.1) is 6.10 Å². The molecule has 1 atom stereocenters. The van der Waals surface area contributed by atoms with Crippen LogP contribution in [-0.4, -0.2) is 12.2 Å². The van der Waals surface area contributed by atoms with Crippen molar-refractivity contribution in [3.8, 4) is 5.75 Å². The highest BCUT2D eigenvalue weighted by Gasteiger charge is 2.18. The first-order valence-electron chi connectivity index (χ1n) is 6.74. The Morgan fingerprint density at radius 3 is 2.44 bits per heavy atom. The van der Waals surface area contributed by atoms with Crippen molar-refractivity contribution in [2.24, 2.45) is 0 Å². The van der Waals surface area contributed by atoms with Crippen LogP contribution in [0.15, 0.2) is 18.2 Å². The summed E-state index contributed by atoms with van der Waals surface area (Å²) < 4.78 is 11.8. The Hall–Kier alpha value is -1.02. The van der Waals surface area contributed by atoms with E-state index >= 15 is 0 Å². The van der Waals surface area contributed by atoms with Crippen LogP contribution in [0.3, 0.4) is 0 Å². The van der Waals surface area contributed by atoms with E-state index in [1.165, 1.54) is 5.56 Å². The molecule has 0 amide bonds. The molecule has 1 rings (SSSR count). The first kappa shape index (κ1) is 15.0. The summed E-state index contributed by atoms with van der Waals surface area (Å²) in [5.41, 5.74) is 2.19. The molecule has 0 fully saturated rings. The number of aryl methyl sites for hydroxylation is 1. The van der Waals surface area contributed by atoms with E-state index in [0.717, 1.165) is 24.3 Å². The van der Waals surface area contributed by atoms with Crippen molar-refractivity contribution in [2.75, 3.05) is 6.61 Å². The van der Waals surface area contributed by atoms with Crippen molar-refractivity contribution in [2.45, 2.75) is 59.7 Å². The molecule has 1 unspecified atom stereocenters. The van der Waals surface area contributed by atoms with E-state index in [0.29, 0.717) is 0 Å². The fourth-order valence-electron chi connectivity index (χ4n) is 1.79. The predicted molar refractivity (Wildman–Crippen MR) is 76.2 cm³/mol. The molecule has 0 saturated carbocycles. The molecule has 102 valence electrons. The molecule has 0 bridgehead atoms. The van der Waals surface area contributed by atoms with E-state index in [-0.39, 0.29) is 11.7 Å². The topological polar surface area (TPSA) is 18.5 Å². The van der Waals surface area contributed by atoms with E-state index in [1.54, 1.807) is 0 Å². The lowest BCUT2D eigenvalue weighted by Gasteiger charge is -2.25. The molecule has 0 N–H and O–H groups in total. The minimum Gasteiger partial charge on any atom is -0.488 e. The molecular formula is C16H26O2. The SMILES string of the molecule is CCCOC(C)c1cc(C)ccc1OC(C)(C)C. The monoisotopic (exact) mass is 250 g/mol. The van der Waals surface area contributed by atoms with Crippen LogP contribution in [0.2, 0.25) is 0 Å². The zero-order valence-corrected chi connectivity index (χ0v) is 12.5. The Kier molecular flexibility index (Phi) is 5.21. The fraction of sp³-hybridized carbons (Fsp3) is 0.625. The lowest BCUT2D eigenvalue weighted by atomic mass is 10.1. The van der Waals surface area contributed by atoms with Gasteiger partial charge in [0.2, 0.25) is 0 Å².